The second-order valence-corrected chi connectivity index (χ2v) is 5.54. The van der Waals surface area contributed by atoms with E-state index in [1.54, 1.807) is 0 Å². The highest BCUT2D eigenvalue weighted by Gasteiger charge is 2.19. The molecule has 1 saturated heterocycles. The van der Waals surface area contributed by atoms with Gasteiger partial charge in [-0.05, 0) is 56.1 Å². The fraction of sp³-hybridized carbons (Fsp3) is 0.500. The second kappa shape index (κ2) is 7.77. The van der Waals surface area contributed by atoms with Gasteiger partial charge in [0.2, 0.25) is 5.91 Å². The van der Waals surface area contributed by atoms with Crippen LogP contribution in [0, 0.1) is 17.2 Å². The molecule has 0 bridgehead atoms. The van der Waals surface area contributed by atoms with Gasteiger partial charge in [-0.15, -0.1) is 0 Å². The molecule has 1 aliphatic heterocycles. The summed E-state index contributed by atoms with van der Waals surface area (Å²) < 4.78 is 0. The lowest BCUT2D eigenvalue weighted by molar-refractivity contribution is -0.117. The number of benzene rings is 1. The van der Waals surface area contributed by atoms with Crippen LogP contribution in [0.3, 0.4) is 0 Å². The molecule has 2 rings (SSSR count). The largest absolute Gasteiger partial charge is 0.330 e. The maximum Gasteiger partial charge on any atom is 0.238 e. The molecular formula is C16H22N4O. The first-order valence-corrected chi connectivity index (χ1v) is 7.39. The van der Waals surface area contributed by atoms with Crippen molar-refractivity contribution >= 4 is 11.6 Å². The second-order valence-electron chi connectivity index (χ2n) is 5.54. The number of hydrogen-bond acceptors (Lipinski definition) is 4. The van der Waals surface area contributed by atoms with Gasteiger partial charge < -0.3 is 11.1 Å². The van der Waals surface area contributed by atoms with Crippen LogP contribution in [-0.2, 0) is 11.2 Å². The summed E-state index contributed by atoms with van der Waals surface area (Å²) in [6.07, 6.45) is 2.55. The zero-order valence-electron chi connectivity index (χ0n) is 12.2. The predicted molar refractivity (Wildman–Crippen MR) is 82.6 cm³/mol. The van der Waals surface area contributed by atoms with E-state index in [-0.39, 0.29) is 5.91 Å². The number of amides is 1. The fourth-order valence-corrected chi connectivity index (χ4v) is 2.58. The molecule has 0 saturated carbocycles. The molecule has 112 valence electrons. The minimum atomic E-state index is 0.00855. The number of hydrogen-bond donors (Lipinski definition) is 2. The normalized spacial score (nSPS) is 16.4. The van der Waals surface area contributed by atoms with Crippen molar-refractivity contribution in [2.45, 2.75) is 19.3 Å². The Hall–Kier alpha value is -1.90. The van der Waals surface area contributed by atoms with Crippen LogP contribution in [0.25, 0.3) is 0 Å². The average molecular weight is 286 g/mol. The van der Waals surface area contributed by atoms with Crippen molar-refractivity contribution in [1.29, 1.82) is 5.26 Å². The van der Waals surface area contributed by atoms with E-state index < -0.39 is 0 Å². The maximum atomic E-state index is 12.0. The zero-order valence-corrected chi connectivity index (χ0v) is 12.2. The molecule has 0 atom stereocenters. The number of carbonyl (C=O) groups excluding carboxylic acids is 1. The van der Waals surface area contributed by atoms with Gasteiger partial charge in [0.1, 0.15) is 0 Å². The zero-order chi connectivity index (χ0) is 15.1. The standard InChI is InChI=1S/C16H22N4O/c17-8-5-13-1-3-15(4-2-13)19-16(21)12-20-9-6-14(11-18)7-10-20/h1-4,14H,5-7,9-12,18H2,(H,19,21). The first-order valence-electron chi connectivity index (χ1n) is 7.39. The van der Waals surface area contributed by atoms with Crippen LogP contribution >= 0.6 is 0 Å². The van der Waals surface area contributed by atoms with Gasteiger partial charge in [0.05, 0.1) is 19.0 Å². The fourth-order valence-electron chi connectivity index (χ4n) is 2.58. The van der Waals surface area contributed by atoms with Crippen LogP contribution in [-0.4, -0.2) is 37.0 Å². The molecule has 0 spiro atoms. The van der Waals surface area contributed by atoms with E-state index in [0.717, 1.165) is 43.7 Å². The van der Waals surface area contributed by atoms with E-state index in [0.29, 0.717) is 18.9 Å². The predicted octanol–water partition coefficient (Wildman–Crippen LogP) is 1.36. The number of nitrogens with two attached hydrogens (primary N) is 1. The van der Waals surface area contributed by atoms with E-state index in [1.165, 1.54) is 0 Å². The number of nitrogens with zero attached hydrogens (tertiary/aromatic N) is 2. The van der Waals surface area contributed by atoms with E-state index in [1.807, 2.05) is 24.3 Å². The van der Waals surface area contributed by atoms with Gasteiger partial charge in [-0.3, -0.25) is 9.69 Å². The molecule has 1 aliphatic rings. The highest BCUT2D eigenvalue weighted by atomic mass is 16.2. The third-order valence-electron chi connectivity index (χ3n) is 3.93. The van der Waals surface area contributed by atoms with Gasteiger partial charge in [-0.1, -0.05) is 12.1 Å². The molecule has 0 unspecified atom stereocenters. The molecule has 0 aromatic heterocycles. The van der Waals surface area contributed by atoms with Crippen LogP contribution in [0.1, 0.15) is 18.4 Å². The topological polar surface area (TPSA) is 82.2 Å². The Morgan fingerprint density at radius 3 is 2.57 bits per heavy atom. The quantitative estimate of drug-likeness (QED) is 0.856. The van der Waals surface area contributed by atoms with E-state index in [9.17, 15) is 4.79 Å². The summed E-state index contributed by atoms with van der Waals surface area (Å²) >= 11 is 0. The molecule has 5 heteroatoms. The van der Waals surface area contributed by atoms with Crippen LogP contribution in [0.4, 0.5) is 5.69 Å². The van der Waals surface area contributed by atoms with Crippen LogP contribution in [0.5, 0.6) is 0 Å². The van der Waals surface area contributed by atoms with Gasteiger partial charge in [0.15, 0.2) is 0 Å². The van der Waals surface area contributed by atoms with Crippen molar-refractivity contribution in [3.63, 3.8) is 0 Å². The SMILES string of the molecule is N#CCc1ccc(NC(=O)CN2CCC(CN)CC2)cc1. The van der Waals surface area contributed by atoms with E-state index in [2.05, 4.69) is 16.3 Å². The summed E-state index contributed by atoms with van der Waals surface area (Å²) in [5.41, 5.74) is 7.40. The minimum Gasteiger partial charge on any atom is -0.330 e. The molecule has 3 N–H and O–H groups in total. The van der Waals surface area contributed by atoms with Crippen molar-refractivity contribution < 1.29 is 4.79 Å². The van der Waals surface area contributed by atoms with Gasteiger partial charge in [-0.25, -0.2) is 0 Å². The van der Waals surface area contributed by atoms with Crippen molar-refractivity contribution in [3.8, 4) is 6.07 Å². The third-order valence-corrected chi connectivity index (χ3v) is 3.93. The third kappa shape index (κ3) is 4.85. The summed E-state index contributed by atoms with van der Waals surface area (Å²) in [7, 11) is 0. The minimum absolute atomic E-state index is 0.00855. The Morgan fingerprint density at radius 2 is 2.00 bits per heavy atom. The van der Waals surface area contributed by atoms with Gasteiger partial charge in [0, 0.05) is 5.69 Å². The van der Waals surface area contributed by atoms with Gasteiger partial charge in [0.25, 0.3) is 0 Å². The maximum absolute atomic E-state index is 12.0. The Bertz CT molecular complexity index is 498. The number of nitriles is 1. The molecule has 1 fully saturated rings. The van der Waals surface area contributed by atoms with Crippen molar-refractivity contribution in [2.24, 2.45) is 11.7 Å². The Kier molecular flexibility index (Phi) is 5.73. The average Bonchev–Trinajstić information content (AvgIpc) is 2.50. The summed E-state index contributed by atoms with van der Waals surface area (Å²) in [5.74, 6) is 0.617. The first-order chi connectivity index (χ1) is 10.2. The number of nitrogens with one attached hydrogen (secondary N) is 1. The molecule has 0 radical (unpaired) electrons. The molecule has 1 aromatic carbocycles. The van der Waals surface area contributed by atoms with Crippen molar-refractivity contribution in [1.82, 2.24) is 4.90 Å². The Balaban J connectivity index is 1.78. The Morgan fingerprint density at radius 1 is 1.33 bits per heavy atom. The highest BCUT2D eigenvalue weighted by Crippen LogP contribution is 2.16. The van der Waals surface area contributed by atoms with E-state index in [4.69, 9.17) is 11.0 Å². The summed E-state index contributed by atoms with van der Waals surface area (Å²) in [4.78, 5) is 14.2. The van der Waals surface area contributed by atoms with Crippen LogP contribution < -0.4 is 11.1 Å². The molecule has 5 nitrogen and oxygen atoms in total. The van der Waals surface area contributed by atoms with Crippen LogP contribution in [0.15, 0.2) is 24.3 Å². The first kappa shape index (κ1) is 15.5. The Labute approximate surface area is 125 Å². The van der Waals surface area contributed by atoms with E-state index >= 15 is 0 Å². The van der Waals surface area contributed by atoms with Gasteiger partial charge in [-0.2, -0.15) is 5.26 Å². The summed E-state index contributed by atoms with van der Waals surface area (Å²) in [5, 5.41) is 11.5. The molecule has 1 heterocycles. The monoisotopic (exact) mass is 286 g/mol. The summed E-state index contributed by atoms with van der Waals surface area (Å²) in [6.45, 7) is 3.05. The number of piperidine rings is 1. The number of anilines is 1. The molecular weight excluding hydrogens is 264 g/mol. The van der Waals surface area contributed by atoms with Gasteiger partial charge >= 0.3 is 0 Å². The number of rotatable bonds is 5. The molecule has 1 amide bonds. The highest BCUT2D eigenvalue weighted by molar-refractivity contribution is 5.92. The lowest BCUT2D eigenvalue weighted by Gasteiger charge is -2.30. The smallest absolute Gasteiger partial charge is 0.238 e. The van der Waals surface area contributed by atoms with Crippen molar-refractivity contribution in [2.75, 3.05) is 31.5 Å². The summed E-state index contributed by atoms with van der Waals surface area (Å²) in [6, 6.07) is 9.51. The molecule has 21 heavy (non-hydrogen) atoms. The number of carbonyl (C=O) groups is 1. The lowest BCUT2D eigenvalue weighted by atomic mass is 9.97. The molecule has 1 aromatic rings. The van der Waals surface area contributed by atoms with Crippen molar-refractivity contribution in [3.05, 3.63) is 29.8 Å². The molecule has 0 aliphatic carbocycles. The lowest BCUT2D eigenvalue weighted by Crippen LogP contribution is -2.40. The number of likely N-dealkylation sites (tertiary alicyclic amines) is 1. The van der Waals surface area contributed by atoms with Crippen LogP contribution in [0.2, 0.25) is 0 Å².